The van der Waals surface area contributed by atoms with Crippen molar-refractivity contribution < 1.29 is 14.5 Å². The molecule has 0 aliphatic carbocycles. The average molecular weight is 349 g/mol. The first kappa shape index (κ1) is 13.4. The van der Waals surface area contributed by atoms with Gasteiger partial charge in [0, 0.05) is 18.7 Å². The molecule has 0 radical (unpaired) electrons. The Kier molecular flexibility index (Phi) is 4.37. The van der Waals surface area contributed by atoms with E-state index >= 15 is 0 Å². The first-order valence-electron chi connectivity index (χ1n) is 4.42. The number of amides is 3. The molecule has 7 nitrogen and oxygen atoms in total. The SMILES string of the molecule is CNC(=O)NC(=O)c1ccc(I)c([N+](=O)[O-])c1. The maximum atomic E-state index is 11.5. The molecule has 1 aromatic rings. The summed E-state index contributed by atoms with van der Waals surface area (Å²) in [5.41, 5.74) is -0.115. The van der Waals surface area contributed by atoms with Crippen LogP contribution in [0.5, 0.6) is 0 Å². The Morgan fingerprint density at radius 3 is 2.59 bits per heavy atom. The highest BCUT2D eigenvalue weighted by Crippen LogP contribution is 2.21. The lowest BCUT2D eigenvalue weighted by Crippen LogP contribution is -2.37. The van der Waals surface area contributed by atoms with Crippen molar-refractivity contribution in [3.05, 3.63) is 37.4 Å². The zero-order valence-corrected chi connectivity index (χ0v) is 10.8. The number of nitrogens with zero attached hydrogens (tertiary/aromatic N) is 1. The summed E-state index contributed by atoms with van der Waals surface area (Å²) in [5, 5.41) is 14.9. The maximum absolute atomic E-state index is 11.5. The second kappa shape index (κ2) is 5.57. The molecule has 0 fully saturated rings. The highest BCUT2D eigenvalue weighted by molar-refractivity contribution is 14.1. The third-order valence-electron chi connectivity index (χ3n) is 1.86. The topological polar surface area (TPSA) is 101 Å². The van der Waals surface area contributed by atoms with Crippen LogP contribution in [0.15, 0.2) is 18.2 Å². The standard InChI is InChI=1S/C9H8IN3O4/c1-11-9(15)12-8(14)5-2-3-6(10)7(4-5)13(16)17/h2-4H,1H3,(H2,11,12,14,15). The van der Waals surface area contributed by atoms with Gasteiger partial charge >= 0.3 is 6.03 Å². The van der Waals surface area contributed by atoms with Gasteiger partial charge in [-0.1, -0.05) is 0 Å². The van der Waals surface area contributed by atoms with E-state index in [1.165, 1.54) is 19.2 Å². The Hall–Kier alpha value is -1.71. The lowest BCUT2D eigenvalue weighted by molar-refractivity contribution is -0.385. The minimum absolute atomic E-state index is 0.0562. The van der Waals surface area contributed by atoms with Crippen molar-refractivity contribution in [1.29, 1.82) is 0 Å². The molecule has 1 rings (SSSR count). The Morgan fingerprint density at radius 2 is 2.06 bits per heavy atom. The second-order valence-electron chi connectivity index (χ2n) is 2.96. The van der Waals surface area contributed by atoms with Gasteiger partial charge in [0.25, 0.3) is 11.6 Å². The summed E-state index contributed by atoms with van der Waals surface area (Å²) in [6, 6.07) is 3.31. The van der Waals surface area contributed by atoms with Crippen LogP contribution in [0, 0.1) is 13.7 Å². The highest BCUT2D eigenvalue weighted by atomic mass is 127. The molecule has 90 valence electrons. The van der Waals surface area contributed by atoms with Crippen LogP contribution in [0.25, 0.3) is 0 Å². The number of halogens is 1. The second-order valence-corrected chi connectivity index (χ2v) is 4.12. The van der Waals surface area contributed by atoms with Crippen molar-refractivity contribution in [3.8, 4) is 0 Å². The van der Waals surface area contributed by atoms with Gasteiger partial charge < -0.3 is 5.32 Å². The minimum Gasteiger partial charge on any atom is -0.341 e. The third kappa shape index (κ3) is 3.37. The molecule has 0 saturated heterocycles. The monoisotopic (exact) mass is 349 g/mol. The van der Waals surface area contributed by atoms with Crippen LogP contribution in [0.1, 0.15) is 10.4 Å². The molecular formula is C9H8IN3O4. The van der Waals surface area contributed by atoms with E-state index in [1.807, 2.05) is 5.32 Å². The Labute approximate surface area is 110 Å². The fraction of sp³-hybridized carbons (Fsp3) is 0.111. The molecular weight excluding hydrogens is 341 g/mol. The quantitative estimate of drug-likeness (QED) is 0.477. The average Bonchev–Trinajstić information content (AvgIpc) is 2.28. The lowest BCUT2D eigenvalue weighted by atomic mass is 10.2. The Bertz CT molecular complexity index is 489. The number of nitro groups is 1. The van der Waals surface area contributed by atoms with Crippen LogP contribution in [0.2, 0.25) is 0 Å². The van der Waals surface area contributed by atoms with E-state index < -0.39 is 16.9 Å². The fourth-order valence-corrected chi connectivity index (χ4v) is 1.56. The first-order valence-corrected chi connectivity index (χ1v) is 5.50. The van der Waals surface area contributed by atoms with Crippen molar-refractivity contribution in [2.24, 2.45) is 0 Å². The molecule has 0 spiro atoms. The predicted octanol–water partition coefficient (Wildman–Crippen LogP) is 1.27. The van der Waals surface area contributed by atoms with Crippen LogP contribution >= 0.6 is 22.6 Å². The molecule has 2 N–H and O–H groups in total. The summed E-state index contributed by atoms with van der Waals surface area (Å²) >= 11 is 1.80. The molecule has 0 bridgehead atoms. The molecule has 0 atom stereocenters. The van der Waals surface area contributed by atoms with E-state index in [0.29, 0.717) is 3.57 Å². The van der Waals surface area contributed by atoms with Gasteiger partial charge in [-0.25, -0.2) is 4.79 Å². The molecule has 0 saturated carbocycles. The van der Waals surface area contributed by atoms with Crippen LogP contribution in [0.3, 0.4) is 0 Å². The lowest BCUT2D eigenvalue weighted by Gasteiger charge is -2.03. The van der Waals surface area contributed by atoms with Crippen molar-refractivity contribution in [2.75, 3.05) is 7.05 Å². The van der Waals surface area contributed by atoms with E-state index in [1.54, 1.807) is 22.6 Å². The predicted molar refractivity (Wildman–Crippen MR) is 67.7 cm³/mol. The molecule has 17 heavy (non-hydrogen) atoms. The normalized spacial score (nSPS) is 9.53. The molecule has 0 heterocycles. The number of urea groups is 1. The van der Waals surface area contributed by atoms with Gasteiger partial charge in [0.15, 0.2) is 0 Å². The van der Waals surface area contributed by atoms with Crippen molar-refractivity contribution in [2.45, 2.75) is 0 Å². The zero-order valence-electron chi connectivity index (χ0n) is 8.69. The van der Waals surface area contributed by atoms with Crippen LogP contribution in [-0.4, -0.2) is 23.9 Å². The third-order valence-corrected chi connectivity index (χ3v) is 2.77. The van der Waals surface area contributed by atoms with Gasteiger partial charge in [0.05, 0.1) is 8.49 Å². The van der Waals surface area contributed by atoms with Gasteiger partial charge in [-0.2, -0.15) is 0 Å². The largest absolute Gasteiger partial charge is 0.341 e. The maximum Gasteiger partial charge on any atom is 0.321 e. The van der Waals surface area contributed by atoms with E-state index in [4.69, 9.17) is 0 Å². The van der Waals surface area contributed by atoms with E-state index in [2.05, 4.69) is 5.32 Å². The fourth-order valence-electron chi connectivity index (χ4n) is 1.03. The molecule has 0 aliphatic rings. The number of carbonyl (C=O) groups excluding carboxylic acids is 2. The first-order chi connectivity index (χ1) is 7.95. The Morgan fingerprint density at radius 1 is 1.41 bits per heavy atom. The van der Waals surface area contributed by atoms with E-state index in [-0.39, 0.29) is 11.3 Å². The van der Waals surface area contributed by atoms with Crippen LogP contribution in [-0.2, 0) is 0 Å². The number of nitro benzene ring substituents is 1. The smallest absolute Gasteiger partial charge is 0.321 e. The zero-order chi connectivity index (χ0) is 13.0. The Balaban J connectivity index is 3.00. The molecule has 3 amide bonds. The van der Waals surface area contributed by atoms with Gasteiger partial charge in [-0.15, -0.1) is 0 Å². The van der Waals surface area contributed by atoms with Crippen molar-refractivity contribution in [3.63, 3.8) is 0 Å². The number of hydrogen-bond donors (Lipinski definition) is 2. The summed E-state index contributed by atoms with van der Waals surface area (Å²) in [6.07, 6.45) is 0. The van der Waals surface area contributed by atoms with Crippen LogP contribution < -0.4 is 10.6 Å². The summed E-state index contributed by atoms with van der Waals surface area (Å²) in [6.45, 7) is 0. The summed E-state index contributed by atoms with van der Waals surface area (Å²) in [4.78, 5) is 32.5. The molecule has 0 unspecified atom stereocenters. The van der Waals surface area contributed by atoms with Gasteiger partial charge in [-0.3, -0.25) is 20.2 Å². The van der Waals surface area contributed by atoms with E-state index in [0.717, 1.165) is 6.07 Å². The number of rotatable bonds is 2. The molecule has 0 aromatic heterocycles. The molecule has 8 heteroatoms. The number of nitrogens with one attached hydrogen (secondary N) is 2. The minimum atomic E-state index is -0.691. The molecule has 0 aliphatic heterocycles. The van der Waals surface area contributed by atoms with Gasteiger partial charge in [-0.05, 0) is 34.7 Å². The summed E-state index contributed by atoms with van der Waals surface area (Å²) in [5.74, 6) is -0.691. The van der Waals surface area contributed by atoms with Crippen molar-refractivity contribution in [1.82, 2.24) is 10.6 Å². The number of benzene rings is 1. The summed E-state index contributed by atoms with van der Waals surface area (Å²) < 4.78 is 0.420. The number of imide groups is 1. The number of carbonyl (C=O) groups is 2. The van der Waals surface area contributed by atoms with E-state index in [9.17, 15) is 19.7 Å². The van der Waals surface area contributed by atoms with Gasteiger partial charge in [0.2, 0.25) is 0 Å². The van der Waals surface area contributed by atoms with Crippen molar-refractivity contribution >= 4 is 40.2 Å². The summed E-state index contributed by atoms with van der Waals surface area (Å²) in [7, 11) is 1.36. The highest BCUT2D eigenvalue weighted by Gasteiger charge is 2.16. The number of hydrogen-bond acceptors (Lipinski definition) is 4. The molecule has 1 aromatic carbocycles. The van der Waals surface area contributed by atoms with Crippen LogP contribution in [0.4, 0.5) is 10.5 Å². The van der Waals surface area contributed by atoms with Gasteiger partial charge in [0.1, 0.15) is 0 Å².